The molecule has 63 heavy (non-hydrogen) atoms. The van der Waals surface area contributed by atoms with Gasteiger partial charge in [-0.15, -0.1) is 0 Å². The molecule has 0 aliphatic rings. The van der Waals surface area contributed by atoms with Crippen LogP contribution in [0.1, 0.15) is 0 Å². The maximum Gasteiger partial charge on any atom is 0.261 e. The number of aromatic amines is 2. The molecule has 0 radical (unpaired) electrons. The minimum absolute atomic E-state index is 0.136. The summed E-state index contributed by atoms with van der Waals surface area (Å²) in [6.07, 6.45) is 7.25. The van der Waals surface area contributed by atoms with E-state index in [1.54, 1.807) is 65.6 Å². The Morgan fingerprint density at radius 2 is 1.08 bits per heavy atom. The van der Waals surface area contributed by atoms with Crippen LogP contribution in [0, 0.1) is 0 Å². The van der Waals surface area contributed by atoms with Crippen LogP contribution in [-0.4, -0.2) is 79.8 Å². The number of pyridine rings is 2. The van der Waals surface area contributed by atoms with Gasteiger partial charge in [0.25, 0.3) is 9.05 Å². The fourth-order valence-corrected chi connectivity index (χ4v) is 8.61. The number of rotatable bonds is 10. The summed E-state index contributed by atoms with van der Waals surface area (Å²) in [6, 6.07) is 31.9. The first-order chi connectivity index (χ1) is 30.4. The Bertz CT molecular complexity index is 3400. The molecule has 6 heterocycles. The maximum atomic E-state index is 12.4. The van der Waals surface area contributed by atoms with E-state index in [1.807, 2.05) is 65.6 Å². The second kappa shape index (κ2) is 18.0. The summed E-state index contributed by atoms with van der Waals surface area (Å²) in [5.74, 6) is 0.757. The highest BCUT2D eigenvalue weighted by molar-refractivity contribution is 8.13. The average molecular weight is 903 g/mol. The molecule has 0 saturated carbocycles. The van der Waals surface area contributed by atoms with Crippen LogP contribution in [0.15, 0.2) is 144 Å². The van der Waals surface area contributed by atoms with Crippen LogP contribution in [0.4, 0.5) is 11.6 Å². The van der Waals surface area contributed by atoms with Crippen molar-refractivity contribution in [3.8, 4) is 22.5 Å². The number of nitrogens with one attached hydrogen (secondary N) is 3. The highest BCUT2D eigenvalue weighted by Crippen LogP contribution is 2.31. The third kappa shape index (κ3) is 9.49. The Morgan fingerprint density at radius 3 is 1.51 bits per heavy atom. The summed E-state index contributed by atoms with van der Waals surface area (Å²) in [5, 5.41) is 26.6. The van der Waals surface area contributed by atoms with Gasteiger partial charge in [-0.1, -0.05) is 60.7 Å². The molecule has 9 N–H and O–H groups in total. The zero-order valence-electron chi connectivity index (χ0n) is 33.2. The van der Waals surface area contributed by atoms with Gasteiger partial charge in [-0.25, -0.2) is 31.5 Å². The Kier molecular flexibility index (Phi) is 12.1. The second-order valence-electron chi connectivity index (χ2n) is 14.0. The lowest BCUT2D eigenvalue weighted by atomic mass is 10.1. The SMILES string of the molecule is NCCn1cc2c(n1)c(N)nc1cc(-c3ccn[nH]3)ccc12.Nc1nc2cc(-c3ccn[nH]3)ccc2c2cn(CCNS(=O)(=O)c3ccccc3)nc12.O=S(=O)(Cl)c1ccccc1. The highest BCUT2D eigenvalue weighted by Gasteiger charge is 2.16. The Morgan fingerprint density at radius 1 is 0.603 bits per heavy atom. The molecule has 0 aliphatic carbocycles. The van der Waals surface area contributed by atoms with Gasteiger partial charge in [-0.3, -0.25) is 19.6 Å². The van der Waals surface area contributed by atoms with Gasteiger partial charge in [0.15, 0.2) is 11.6 Å². The molecule has 0 atom stereocenters. The van der Waals surface area contributed by atoms with Gasteiger partial charge < -0.3 is 17.2 Å². The van der Waals surface area contributed by atoms with Gasteiger partial charge >= 0.3 is 0 Å². The first kappa shape index (κ1) is 42.5. The van der Waals surface area contributed by atoms with Gasteiger partial charge in [-0.05, 0) is 48.5 Å². The molecule has 0 saturated heterocycles. The number of halogens is 1. The van der Waals surface area contributed by atoms with Crippen LogP contribution >= 0.6 is 10.7 Å². The van der Waals surface area contributed by atoms with Crippen LogP contribution in [0.25, 0.3) is 66.1 Å². The summed E-state index contributed by atoms with van der Waals surface area (Å²) in [6.45, 7) is 1.74. The van der Waals surface area contributed by atoms with E-state index in [-0.39, 0.29) is 16.3 Å². The van der Waals surface area contributed by atoms with Crippen molar-refractivity contribution in [2.45, 2.75) is 22.9 Å². The van der Waals surface area contributed by atoms with Gasteiger partial charge in [-0.2, -0.15) is 20.4 Å². The standard InChI is InChI=1S/C21H19N7O2S.C15H15N7.C6H5ClO2S/c22-21-20-17(16-7-6-14(12-19(16)25-21)18-8-9-23-26-18)13-28(27-20)11-10-24-31(29,30)15-4-2-1-3-5-15;16-4-6-22-8-11-10-2-1-9(12-3-5-18-20-12)7-13(10)19-15(17)14(11)21-22;7-10(8,9)6-4-2-1-3-5-6/h1-9,12-13,24H,10-11H2,(H2,22,25)(H,23,26);1-3,5,7-8H,4,6,16H2,(H2,17,19)(H,18,20);1-5H. The number of nitrogens with two attached hydrogens (primary N) is 3. The minimum Gasteiger partial charge on any atom is -0.382 e. The Labute approximate surface area is 364 Å². The normalized spacial score (nSPS) is 11.7. The first-order valence-corrected chi connectivity index (χ1v) is 23.0. The molecule has 0 fully saturated rings. The van der Waals surface area contributed by atoms with Crippen molar-refractivity contribution in [2.24, 2.45) is 5.73 Å². The monoisotopic (exact) mass is 902 g/mol. The lowest BCUT2D eigenvalue weighted by Crippen LogP contribution is -2.27. The molecular weight excluding hydrogens is 864 g/mol. The molecule has 0 unspecified atom stereocenters. The van der Waals surface area contributed by atoms with E-state index in [2.05, 4.69) is 45.3 Å². The van der Waals surface area contributed by atoms with Crippen LogP contribution in [0.3, 0.4) is 0 Å². The quantitative estimate of drug-likeness (QED) is 0.0905. The van der Waals surface area contributed by atoms with Gasteiger partial charge in [0.05, 0.1) is 45.3 Å². The summed E-state index contributed by atoms with van der Waals surface area (Å²) in [5.41, 5.74) is 24.5. The highest BCUT2D eigenvalue weighted by atomic mass is 35.7. The van der Waals surface area contributed by atoms with E-state index in [1.165, 1.54) is 12.1 Å². The number of anilines is 2. The second-order valence-corrected chi connectivity index (χ2v) is 18.3. The van der Waals surface area contributed by atoms with Gasteiger partial charge in [0.1, 0.15) is 11.0 Å². The van der Waals surface area contributed by atoms with Crippen LogP contribution in [0.2, 0.25) is 0 Å². The van der Waals surface area contributed by atoms with Crippen LogP contribution in [0.5, 0.6) is 0 Å². The molecule has 0 aliphatic heterocycles. The van der Waals surface area contributed by atoms with Crippen molar-refractivity contribution < 1.29 is 16.8 Å². The number of hydrogen-bond acceptors (Lipinski definition) is 13. The first-order valence-electron chi connectivity index (χ1n) is 19.2. The smallest absolute Gasteiger partial charge is 0.261 e. The molecule has 10 aromatic rings. The van der Waals surface area contributed by atoms with E-state index in [0.717, 1.165) is 60.6 Å². The molecule has 6 aromatic heterocycles. The van der Waals surface area contributed by atoms with E-state index in [0.29, 0.717) is 36.8 Å². The maximum absolute atomic E-state index is 12.4. The zero-order chi connectivity index (χ0) is 44.1. The van der Waals surface area contributed by atoms with Crippen molar-refractivity contribution in [2.75, 3.05) is 24.6 Å². The molecule has 0 bridgehead atoms. The Balaban J connectivity index is 0.000000147. The molecule has 4 aromatic carbocycles. The van der Waals surface area contributed by atoms with Crippen molar-refractivity contribution in [3.05, 3.63) is 134 Å². The van der Waals surface area contributed by atoms with Crippen molar-refractivity contribution in [1.29, 1.82) is 0 Å². The number of benzene rings is 4. The third-order valence-corrected chi connectivity index (χ3v) is 12.6. The topological polar surface area (TPSA) is 277 Å². The molecular formula is C42H39ClN14O4S2. The van der Waals surface area contributed by atoms with Crippen molar-refractivity contribution >= 4 is 85.0 Å². The molecule has 320 valence electrons. The molecule has 0 amide bonds. The minimum atomic E-state index is -3.57. The predicted molar refractivity (Wildman–Crippen MR) is 244 cm³/mol. The van der Waals surface area contributed by atoms with Crippen LogP contribution < -0.4 is 21.9 Å². The summed E-state index contributed by atoms with van der Waals surface area (Å²) >= 11 is 0. The fraction of sp³-hybridized carbons (Fsp3) is 0.0952. The zero-order valence-corrected chi connectivity index (χ0v) is 35.6. The fourth-order valence-electron chi connectivity index (χ4n) is 6.77. The number of H-pyrrole nitrogens is 2. The number of fused-ring (bicyclic) bond motifs is 6. The largest absolute Gasteiger partial charge is 0.382 e. The van der Waals surface area contributed by atoms with E-state index in [4.69, 9.17) is 27.9 Å². The van der Waals surface area contributed by atoms with Crippen molar-refractivity contribution in [1.82, 2.24) is 54.6 Å². The van der Waals surface area contributed by atoms with Crippen molar-refractivity contribution in [3.63, 3.8) is 0 Å². The molecule has 0 spiro atoms. The van der Waals surface area contributed by atoms with E-state index in [9.17, 15) is 16.8 Å². The summed E-state index contributed by atoms with van der Waals surface area (Å²) < 4.78 is 52.0. The molecule has 18 nitrogen and oxygen atoms in total. The lowest BCUT2D eigenvalue weighted by Gasteiger charge is -2.06. The van der Waals surface area contributed by atoms with E-state index < -0.39 is 19.1 Å². The van der Waals surface area contributed by atoms with Crippen LogP contribution in [-0.2, 0) is 32.2 Å². The Hall–Kier alpha value is -7.23. The molecule has 10 rings (SSSR count). The van der Waals surface area contributed by atoms with E-state index >= 15 is 0 Å². The lowest BCUT2D eigenvalue weighted by molar-refractivity contribution is 0.562. The summed E-state index contributed by atoms with van der Waals surface area (Å²) in [7, 11) is -2.07. The average Bonchev–Trinajstić information content (AvgIpc) is 4.13. The number of hydrogen-bond donors (Lipinski definition) is 6. The predicted octanol–water partition coefficient (Wildman–Crippen LogP) is 5.66. The number of sulfonamides is 1. The molecule has 21 heteroatoms. The van der Waals surface area contributed by atoms with Gasteiger partial charge in [0.2, 0.25) is 10.0 Å². The van der Waals surface area contributed by atoms with Gasteiger partial charge in [0, 0.05) is 81.2 Å². The number of nitrogens with zero attached hydrogens (tertiary/aromatic N) is 8. The number of aromatic nitrogens is 10. The number of nitrogen functional groups attached to an aromatic ring is 2. The summed E-state index contributed by atoms with van der Waals surface area (Å²) in [4.78, 5) is 9.35. The third-order valence-electron chi connectivity index (χ3n) is 9.76.